The van der Waals surface area contributed by atoms with Gasteiger partial charge >= 0.3 is 6.18 Å². The zero-order chi connectivity index (χ0) is 16.8. The second-order valence-electron chi connectivity index (χ2n) is 4.30. The lowest BCUT2D eigenvalue weighted by Crippen LogP contribution is -2.38. The first kappa shape index (κ1) is 17.4. The number of carbonyl (C=O) groups is 1. The molecule has 5 nitrogen and oxygen atoms in total. The maximum absolute atomic E-state index is 12.4. The van der Waals surface area contributed by atoms with Crippen LogP contribution in [0.3, 0.4) is 0 Å². The van der Waals surface area contributed by atoms with Gasteiger partial charge in [-0.15, -0.1) is 6.58 Å². The Bertz CT molecular complexity index is 580. The first-order chi connectivity index (χ1) is 10.2. The number of amides is 1. The molecular weight excluding hydrogens is 301 g/mol. The number of alkyl halides is 3. The topological polar surface area (TPSA) is 63.5 Å². The second-order valence-corrected chi connectivity index (χ2v) is 4.30. The Morgan fingerprint density at radius 3 is 2.36 bits per heavy atom. The summed E-state index contributed by atoms with van der Waals surface area (Å²) in [7, 11) is 0. The van der Waals surface area contributed by atoms with E-state index in [4.69, 9.17) is 0 Å². The molecule has 22 heavy (non-hydrogen) atoms. The smallest absolute Gasteiger partial charge is 0.326 e. The number of nitro groups is 1. The molecule has 0 aliphatic carbocycles. The Kier molecular flexibility index (Phi) is 5.85. The molecule has 0 heterocycles. The number of non-ortho nitro benzene ring substituents is 1. The predicted molar refractivity (Wildman–Crippen MR) is 75.0 cm³/mol. The average Bonchev–Trinajstić information content (AvgIpc) is 2.43. The molecular formula is C14H13F3N2O3. The summed E-state index contributed by atoms with van der Waals surface area (Å²) in [4.78, 5) is 22.2. The van der Waals surface area contributed by atoms with E-state index in [2.05, 4.69) is 6.58 Å². The van der Waals surface area contributed by atoms with Crippen molar-refractivity contribution in [3.8, 4) is 0 Å². The van der Waals surface area contributed by atoms with Gasteiger partial charge in [0.25, 0.3) is 5.69 Å². The first-order valence-electron chi connectivity index (χ1n) is 6.12. The zero-order valence-corrected chi connectivity index (χ0v) is 11.4. The van der Waals surface area contributed by atoms with Crippen molar-refractivity contribution in [2.24, 2.45) is 0 Å². The molecule has 0 spiro atoms. The van der Waals surface area contributed by atoms with Crippen LogP contribution in [0, 0.1) is 10.1 Å². The fourth-order valence-corrected chi connectivity index (χ4v) is 1.58. The standard InChI is InChI=1S/C14H13F3N2O3/c1-2-9-18(10-14(15,16)17)13(20)8-5-11-3-6-12(7-4-11)19(21)22/h2-8H,1,9-10H2/b8-5+. The third-order valence-electron chi connectivity index (χ3n) is 2.55. The number of hydrogen-bond donors (Lipinski definition) is 0. The van der Waals surface area contributed by atoms with Gasteiger partial charge < -0.3 is 4.90 Å². The van der Waals surface area contributed by atoms with Gasteiger partial charge in [0.1, 0.15) is 6.54 Å². The van der Waals surface area contributed by atoms with Crippen LogP contribution < -0.4 is 0 Å². The zero-order valence-electron chi connectivity index (χ0n) is 11.4. The molecule has 0 unspecified atom stereocenters. The third kappa shape index (κ3) is 5.78. The summed E-state index contributed by atoms with van der Waals surface area (Å²) in [5.41, 5.74) is 0.346. The van der Waals surface area contributed by atoms with E-state index in [1.54, 1.807) is 0 Å². The summed E-state index contributed by atoms with van der Waals surface area (Å²) < 4.78 is 37.1. The number of halogens is 3. The van der Waals surface area contributed by atoms with Crippen LogP contribution in [-0.4, -0.2) is 35.0 Å². The van der Waals surface area contributed by atoms with Gasteiger partial charge in [0.2, 0.25) is 5.91 Å². The molecule has 8 heteroatoms. The van der Waals surface area contributed by atoms with Gasteiger partial charge in [-0.3, -0.25) is 14.9 Å². The summed E-state index contributed by atoms with van der Waals surface area (Å²) in [6, 6.07) is 5.26. The van der Waals surface area contributed by atoms with Gasteiger partial charge in [-0.1, -0.05) is 6.08 Å². The highest BCUT2D eigenvalue weighted by molar-refractivity contribution is 5.91. The van der Waals surface area contributed by atoms with Gasteiger partial charge in [0.15, 0.2) is 0 Å². The van der Waals surface area contributed by atoms with Gasteiger partial charge in [0.05, 0.1) is 4.92 Å². The second kappa shape index (κ2) is 7.39. The number of nitrogens with zero attached hydrogens (tertiary/aromatic N) is 2. The Morgan fingerprint density at radius 2 is 1.91 bits per heavy atom. The lowest BCUT2D eigenvalue weighted by Gasteiger charge is -2.20. The van der Waals surface area contributed by atoms with Gasteiger partial charge in [-0.2, -0.15) is 13.2 Å². The summed E-state index contributed by atoms with van der Waals surface area (Å²) in [5, 5.41) is 10.5. The van der Waals surface area contributed by atoms with E-state index in [-0.39, 0.29) is 12.2 Å². The van der Waals surface area contributed by atoms with Crippen molar-refractivity contribution in [1.29, 1.82) is 0 Å². The molecule has 0 saturated carbocycles. The van der Waals surface area contributed by atoms with E-state index < -0.39 is 23.6 Å². The normalized spacial score (nSPS) is 11.4. The minimum atomic E-state index is -4.50. The lowest BCUT2D eigenvalue weighted by molar-refractivity contribution is -0.384. The lowest BCUT2D eigenvalue weighted by atomic mass is 10.2. The van der Waals surface area contributed by atoms with Crippen LogP contribution in [0.2, 0.25) is 0 Å². The van der Waals surface area contributed by atoms with Crippen LogP contribution >= 0.6 is 0 Å². The molecule has 0 aromatic heterocycles. The maximum atomic E-state index is 12.4. The Labute approximate surface area is 124 Å². The third-order valence-corrected chi connectivity index (χ3v) is 2.55. The highest BCUT2D eigenvalue weighted by atomic mass is 19.4. The van der Waals surface area contributed by atoms with E-state index in [9.17, 15) is 28.1 Å². The van der Waals surface area contributed by atoms with Crippen molar-refractivity contribution in [3.05, 3.63) is 58.7 Å². The largest absolute Gasteiger partial charge is 0.406 e. The van der Waals surface area contributed by atoms with E-state index in [0.717, 1.165) is 6.08 Å². The van der Waals surface area contributed by atoms with Gasteiger partial charge in [-0.25, -0.2) is 0 Å². The highest BCUT2D eigenvalue weighted by Crippen LogP contribution is 2.17. The fraction of sp³-hybridized carbons (Fsp3) is 0.214. The highest BCUT2D eigenvalue weighted by Gasteiger charge is 2.31. The monoisotopic (exact) mass is 314 g/mol. The van der Waals surface area contributed by atoms with Crippen molar-refractivity contribution in [1.82, 2.24) is 4.90 Å². The van der Waals surface area contributed by atoms with Crippen LogP contribution in [0.1, 0.15) is 5.56 Å². The number of rotatable bonds is 6. The van der Waals surface area contributed by atoms with E-state index >= 15 is 0 Å². The minimum Gasteiger partial charge on any atom is -0.326 e. The molecule has 1 rings (SSSR count). The molecule has 0 N–H and O–H groups in total. The van der Waals surface area contributed by atoms with Crippen molar-refractivity contribution in [3.63, 3.8) is 0 Å². The van der Waals surface area contributed by atoms with Crippen LogP contribution in [-0.2, 0) is 4.79 Å². The molecule has 0 aliphatic rings. The average molecular weight is 314 g/mol. The van der Waals surface area contributed by atoms with Gasteiger partial charge in [0, 0.05) is 24.8 Å². The molecule has 0 bridgehead atoms. The molecule has 0 saturated heterocycles. The number of carbonyl (C=O) groups excluding carboxylic acids is 1. The summed E-state index contributed by atoms with van der Waals surface area (Å²) in [6.07, 6.45) is -1.03. The molecule has 118 valence electrons. The summed E-state index contributed by atoms with van der Waals surface area (Å²) in [6.45, 7) is 1.70. The molecule has 1 aromatic carbocycles. The first-order valence-corrected chi connectivity index (χ1v) is 6.12. The molecule has 1 aromatic rings. The Morgan fingerprint density at radius 1 is 1.32 bits per heavy atom. The molecule has 0 aliphatic heterocycles. The molecule has 0 atom stereocenters. The molecule has 0 fully saturated rings. The number of hydrogen-bond acceptors (Lipinski definition) is 3. The molecule has 0 radical (unpaired) electrons. The number of nitro benzene ring substituents is 1. The van der Waals surface area contributed by atoms with Crippen LogP contribution in [0.25, 0.3) is 6.08 Å². The predicted octanol–water partition coefficient (Wildman–Crippen LogP) is 3.18. The Balaban J connectivity index is 2.79. The van der Waals surface area contributed by atoms with E-state index in [0.29, 0.717) is 10.5 Å². The van der Waals surface area contributed by atoms with Crippen LogP contribution in [0.4, 0.5) is 18.9 Å². The quantitative estimate of drug-likeness (QED) is 0.350. The Hall–Kier alpha value is -2.64. The SMILES string of the molecule is C=CCN(CC(F)(F)F)C(=O)/C=C/c1ccc([N+](=O)[O-])cc1. The van der Waals surface area contributed by atoms with Crippen molar-refractivity contribution in [2.75, 3.05) is 13.1 Å². The summed E-state index contributed by atoms with van der Waals surface area (Å²) in [5.74, 6) is -0.824. The summed E-state index contributed by atoms with van der Waals surface area (Å²) >= 11 is 0. The van der Waals surface area contributed by atoms with Crippen LogP contribution in [0.15, 0.2) is 43.0 Å². The fourth-order valence-electron chi connectivity index (χ4n) is 1.58. The minimum absolute atomic E-state index is 0.117. The van der Waals surface area contributed by atoms with Gasteiger partial charge in [-0.05, 0) is 23.8 Å². The molecule has 1 amide bonds. The van der Waals surface area contributed by atoms with Crippen molar-refractivity contribution in [2.45, 2.75) is 6.18 Å². The van der Waals surface area contributed by atoms with E-state index in [1.165, 1.54) is 36.4 Å². The van der Waals surface area contributed by atoms with Crippen molar-refractivity contribution < 1.29 is 22.9 Å². The number of benzene rings is 1. The van der Waals surface area contributed by atoms with E-state index in [1.807, 2.05) is 0 Å². The van der Waals surface area contributed by atoms with Crippen molar-refractivity contribution >= 4 is 17.7 Å². The maximum Gasteiger partial charge on any atom is 0.406 e. The van der Waals surface area contributed by atoms with Crippen LogP contribution in [0.5, 0.6) is 0 Å².